The van der Waals surface area contributed by atoms with E-state index in [-0.39, 0.29) is 18.3 Å². The van der Waals surface area contributed by atoms with Crippen LogP contribution in [0.2, 0.25) is 0 Å². The minimum Gasteiger partial charge on any atom is -0.497 e. The van der Waals surface area contributed by atoms with Gasteiger partial charge in [0.15, 0.2) is 24.0 Å². The Labute approximate surface area is 179 Å². The quantitative estimate of drug-likeness (QED) is 0.566. The molecule has 1 aliphatic heterocycles. The third-order valence-electron chi connectivity index (χ3n) is 5.13. The second-order valence-corrected chi connectivity index (χ2v) is 7.08. The number of tetrazole rings is 1. The first kappa shape index (κ1) is 20.7. The van der Waals surface area contributed by atoms with Crippen LogP contribution in [0.3, 0.4) is 0 Å². The average molecular weight is 426 g/mol. The van der Waals surface area contributed by atoms with Crippen molar-refractivity contribution in [1.29, 1.82) is 0 Å². The van der Waals surface area contributed by atoms with E-state index < -0.39 is 5.82 Å². The normalized spacial score (nSPS) is 14.5. The predicted octanol–water partition coefficient (Wildman–Crippen LogP) is 1.53. The molecule has 2 heterocycles. The zero-order valence-electron chi connectivity index (χ0n) is 17.1. The van der Waals surface area contributed by atoms with Gasteiger partial charge in [0.05, 0.1) is 19.3 Å². The number of hydrogen-bond donors (Lipinski definition) is 0. The molecular formula is C21H23FN6O3. The first-order chi connectivity index (χ1) is 15.1. The highest BCUT2D eigenvalue weighted by atomic mass is 19.1. The molecule has 0 atom stereocenters. The molecule has 4 rings (SSSR count). The van der Waals surface area contributed by atoms with E-state index in [2.05, 4.69) is 20.4 Å². The Balaban J connectivity index is 1.29. The van der Waals surface area contributed by atoms with E-state index in [4.69, 9.17) is 9.47 Å². The van der Waals surface area contributed by atoms with E-state index in [0.717, 1.165) is 11.4 Å². The van der Waals surface area contributed by atoms with Crippen LogP contribution < -0.4 is 9.47 Å². The Bertz CT molecular complexity index is 1020. The van der Waals surface area contributed by atoms with Crippen molar-refractivity contribution in [1.82, 2.24) is 30.0 Å². The number of benzene rings is 2. The second kappa shape index (κ2) is 9.52. The zero-order valence-corrected chi connectivity index (χ0v) is 17.1. The van der Waals surface area contributed by atoms with E-state index in [1.54, 1.807) is 28.8 Å². The standard InChI is InChI=1S/C21H23FN6O3/c1-30-17-8-6-16(7-9-17)28-20(23-24-25-28)14-26-10-12-27(13-11-26)21(29)15-31-19-5-3-2-4-18(19)22/h2-9H,10-15H2,1H3. The SMILES string of the molecule is COc1ccc(-n2nnnc2CN2CCN(C(=O)COc3ccccc3F)CC2)cc1. The smallest absolute Gasteiger partial charge is 0.260 e. The van der Waals surface area contributed by atoms with Crippen molar-refractivity contribution in [3.63, 3.8) is 0 Å². The summed E-state index contributed by atoms with van der Waals surface area (Å²) in [6.07, 6.45) is 0. The van der Waals surface area contributed by atoms with Gasteiger partial charge in [-0.25, -0.2) is 4.39 Å². The molecule has 0 bridgehead atoms. The van der Waals surface area contributed by atoms with Gasteiger partial charge in [-0.1, -0.05) is 12.1 Å². The van der Waals surface area contributed by atoms with Gasteiger partial charge < -0.3 is 14.4 Å². The number of rotatable bonds is 7. The molecule has 31 heavy (non-hydrogen) atoms. The first-order valence-corrected chi connectivity index (χ1v) is 9.93. The lowest BCUT2D eigenvalue weighted by Gasteiger charge is -2.34. The number of piperazine rings is 1. The van der Waals surface area contributed by atoms with Crippen LogP contribution in [0.1, 0.15) is 5.82 Å². The fourth-order valence-electron chi connectivity index (χ4n) is 3.38. The maximum Gasteiger partial charge on any atom is 0.260 e. The van der Waals surface area contributed by atoms with E-state index in [9.17, 15) is 9.18 Å². The zero-order chi connectivity index (χ0) is 21.6. The number of methoxy groups -OCH3 is 1. The van der Waals surface area contributed by atoms with Crippen LogP contribution in [-0.4, -0.2) is 75.8 Å². The molecule has 0 saturated carbocycles. The number of para-hydroxylation sites is 1. The fraction of sp³-hybridized carbons (Fsp3) is 0.333. The maximum atomic E-state index is 13.6. The molecule has 3 aromatic rings. The van der Waals surface area contributed by atoms with Crippen LogP contribution in [0, 0.1) is 5.82 Å². The molecule has 0 radical (unpaired) electrons. The van der Waals surface area contributed by atoms with Crippen molar-refractivity contribution in [2.24, 2.45) is 0 Å². The number of amides is 1. The first-order valence-electron chi connectivity index (χ1n) is 9.93. The molecule has 1 aliphatic rings. The van der Waals surface area contributed by atoms with Crippen molar-refractivity contribution < 1.29 is 18.7 Å². The van der Waals surface area contributed by atoms with Gasteiger partial charge in [-0.3, -0.25) is 9.69 Å². The number of carbonyl (C=O) groups excluding carboxylic acids is 1. The number of aromatic nitrogens is 4. The average Bonchev–Trinajstić information content (AvgIpc) is 3.27. The summed E-state index contributed by atoms with van der Waals surface area (Å²) in [6, 6.07) is 13.6. The highest BCUT2D eigenvalue weighted by Crippen LogP contribution is 2.17. The van der Waals surface area contributed by atoms with E-state index >= 15 is 0 Å². The summed E-state index contributed by atoms with van der Waals surface area (Å²) in [5.74, 6) is 0.923. The van der Waals surface area contributed by atoms with Gasteiger partial charge in [0, 0.05) is 26.2 Å². The van der Waals surface area contributed by atoms with E-state index in [1.165, 1.54) is 12.1 Å². The van der Waals surface area contributed by atoms with Crippen molar-refractivity contribution in [2.75, 3.05) is 39.9 Å². The summed E-state index contributed by atoms with van der Waals surface area (Å²) in [5.41, 5.74) is 0.847. The van der Waals surface area contributed by atoms with Crippen molar-refractivity contribution in [3.8, 4) is 17.2 Å². The van der Waals surface area contributed by atoms with Crippen LogP contribution in [0.4, 0.5) is 4.39 Å². The number of carbonyl (C=O) groups is 1. The highest BCUT2D eigenvalue weighted by molar-refractivity contribution is 5.77. The van der Waals surface area contributed by atoms with Crippen molar-refractivity contribution in [2.45, 2.75) is 6.54 Å². The highest BCUT2D eigenvalue weighted by Gasteiger charge is 2.23. The molecule has 1 aromatic heterocycles. The van der Waals surface area contributed by atoms with Crippen molar-refractivity contribution in [3.05, 3.63) is 60.2 Å². The predicted molar refractivity (Wildman–Crippen MR) is 109 cm³/mol. The monoisotopic (exact) mass is 426 g/mol. The largest absolute Gasteiger partial charge is 0.497 e. The summed E-state index contributed by atoms with van der Waals surface area (Å²) in [4.78, 5) is 16.3. The van der Waals surface area contributed by atoms with Crippen molar-refractivity contribution >= 4 is 5.91 Å². The van der Waals surface area contributed by atoms with Gasteiger partial charge in [-0.15, -0.1) is 5.10 Å². The van der Waals surface area contributed by atoms with Gasteiger partial charge >= 0.3 is 0 Å². The molecule has 0 spiro atoms. The van der Waals surface area contributed by atoms with Gasteiger partial charge in [0.1, 0.15) is 5.75 Å². The molecule has 0 unspecified atom stereocenters. The Morgan fingerprint density at radius 3 is 2.52 bits per heavy atom. The maximum absolute atomic E-state index is 13.6. The minimum absolute atomic E-state index is 0.0832. The molecule has 10 heteroatoms. The van der Waals surface area contributed by atoms with Gasteiger partial charge in [-0.05, 0) is 46.8 Å². The van der Waals surface area contributed by atoms with Gasteiger partial charge in [0.2, 0.25) is 0 Å². The van der Waals surface area contributed by atoms with Crippen LogP contribution >= 0.6 is 0 Å². The minimum atomic E-state index is -0.477. The fourth-order valence-corrected chi connectivity index (χ4v) is 3.38. The van der Waals surface area contributed by atoms with E-state index in [0.29, 0.717) is 38.5 Å². The van der Waals surface area contributed by atoms with E-state index in [1.807, 2.05) is 24.3 Å². The summed E-state index contributed by atoms with van der Waals surface area (Å²) in [6.45, 7) is 2.86. The lowest BCUT2D eigenvalue weighted by atomic mass is 10.3. The molecule has 1 fully saturated rings. The molecule has 1 amide bonds. The summed E-state index contributed by atoms with van der Waals surface area (Å²) in [5, 5.41) is 12.0. The lowest BCUT2D eigenvalue weighted by molar-refractivity contribution is -0.135. The number of hydrogen-bond acceptors (Lipinski definition) is 7. The third-order valence-corrected chi connectivity index (χ3v) is 5.13. The molecular weight excluding hydrogens is 403 g/mol. The Morgan fingerprint density at radius 1 is 1.06 bits per heavy atom. The molecule has 1 saturated heterocycles. The number of halogens is 1. The van der Waals surface area contributed by atoms with Crippen LogP contribution in [0.5, 0.6) is 11.5 Å². The van der Waals surface area contributed by atoms with Crippen LogP contribution in [0.15, 0.2) is 48.5 Å². The van der Waals surface area contributed by atoms with Gasteiger partial charge in [-0.2, -0.15) is 4.68 Å². The molecule has 162 valence electrons. The molecule has 0 aliphatic carbocycles. The topological polar surface area (TPSA) is 85.6 Å². The summed E-state index contributed by atoms with van der Waals surface area (Å²) in [7, 11) is 1.62. The van der Waals surface area contributed by atoms with Crippen LogP contribution in [0.25, 0.3) is 5.69 Å². The molecule has 9 nitrogen and oxygen atoms in total. The summed E-state index contributed by atoms with van der Waals surface area (Å²) >= 11 is 0. The lowest BCUT2D eigenvalue weighted by Crippen LogP contribution is -2.49. The Hall–Kier alpha value is -3.53. The third kappa shape index (κ3) is 4.97. The number of ether oxygens (including phenoxy) is 2. The van der Waals surface area contributed by atoms with Gasteiger partial charge in [0.25, 0.3) is 5.91 Å². The van der Waals surface area contributed by atoms with Crippen LogP contribution in [-0.2, 0) is 11.3 Å². The molecule has 0 N–H and O–H groups in total. The summed E-state index contributed by atoms with van der Waals surface area (Å²) < 4.78 is 25.8. The molecule has 2 aromatic carbocycles. The Morgan fingerprint density at radius 2 is 1.81 bits per heavy atom. The second-order valence-electron chi connectivity index (χ2n) is 7.08. The number of nitrogens with zero attached hydrogens (tertiary/aromatic N) is 6. The Kier molecular flexibility index (Phi) is 6.37.